The summed E-state index contributed by atoms with van der Waals surface area (Å²) < 4.78 is 15.7. The summed E-state index contributed by atoms with van der Waals surface area (Å²) >= 11 is 5.75. The standard InChI is InChI=1S/C17H15ClN4O5/c1-3-25-17(24)12-8(2)27-15-13(12)14(19)21-11(22-15)7-26-16(23)9-4-5-20-10(18)6-9/h4-6H,3,7H2,1-2H3,(H2,19,21,22). The van der Waals surface area contributed by atoms with E-state index in [1.165, 1.54) is 18.3 Å². The third-order valence-corrected chi connectivity index (χ3v) is 3.78. The van der Waals surface area contributed by atoms with Gasteiger partial charge < -0.3 is 19.6 Å². The summed E-state index contributed by atoms with van der Waals surface area (Å²) in [5, 5.41) is 0.436. The van der Waals surface area contributed by atoms with E-state index < -0.39 is 11.9 Å². The molecule has 0 aliphatic carbocycles. The van der Waals surface area contributed by atoms with Crippen LogP contribution < -0.4 is 5.73 Å². The normalized spacial score (nSPS) is 10.8. The van der Waals surface area contributed by atoms with Gasteiger partial charge in [-0.25, -0.2) is 19.6 Å². The van der Waals surface area contributed by atoms with E-state index >= 15 is 0 Å². The molecule has 0 radical (unpaired) electrons. The maximum absolute atomic E-state index is 12.1. The Morgan fingerprint density at radius 1 is 1.26 bits per heavy atom. The molecule has 9 nitrogen and oxygen atoms in total. The fraction of sp³-hybridized carbons (Fsp3) is 0.235. The van der Waals surface area contributed by atoms with E-state index in [1.807, 2.05) is 0 Å². The molecule has 3 rings (SSSR count). The number of fused-ring (bicyclic) bond motifs is 1. The molecule has 10 heteroatoms. The largest absolute Gasteiger partial charge is 0.462 e. The summed E-state index contributed by atoms with van der Waals surface area (Å²) in [6.07, 6.45) is 1.39. The molecule has 0 saturated carbocycles. The van der Waals surface area contributed by atoms with Crippen molar-refractivity contribution in [3.05, 3.63) is 46.2 Å². The summed E-state index contributed by atoms with van der Waals surface area (Å²) in [7, 11) is 0. The van der Waals surface area contributed by atoms with E-state index in [-0.39, 0.29) is 52.2 Å². The third kappa shape index (κ3) is 3.82. The molecule has 0 aromatic carbocycles. The van der Waals surface area contributed by atoms with Gasteiger partial charge in [-0.15, -0.1) is 0 Å². The highest BCUT2D eigenvalue weighted by molar-refractivity contribution is 6.29. The molecule has 3 heterocycles. The van der Waals surface area contributed by atoms with Gasteiger partial charge in [0.1, 0.15) is 22.3 Å². The van der Waals surface area contributed by atoms with Crippen molar-refractivity contribution in [2.75, 3.05) is 12.3 Å². The van der Waals surface area contributed by atoms with Crippen LogP contribution in [0.25, 0.3) is 11.1 Å². The Morgan fingerprint density at radius 3 is 2.74 bits per heavy atom. The van der Waals surface area contributed by atoms with Gasteiger partial charge in [-0.2, -0.15) is 4.98 Å². The molecule has 2 N–H and O–H groups in total. The van der Waals surface area contributed by atoms with Crippen molar-refractivity contribution < 1.29 is 23.5 Å². The fourth-order valence-electron chi connectivity index (χ4n) is 2.44. The van der Waals surface area contributed by atoms with Crippen LogP contribution in [-0.2, 0) is 16.1 Å². The lowest BCUT2D eigenvalue weighted by Gasteiger charge is -2.05. The number of hydrogen-bond donors (Lipinski definition) is 1. The van der Waals surface area contributed by atoms with Crippen LogP contribution in [0.15, 0.2) is 22.7 Å². The number of ether oxygens (including phenoxy) is 2. The van der Waals surface area contributed by atoms with Crippen LogP contribution in [0, 0.1) is 6.92 Å². The summed E-state index contributed by atoms with van der Waals surface area (Å²) in [6, 6.07) is 2.85. The summed E-state index contributed by atoms with van der Waals surface area (Å²) in [6.45, 7) is 3.25. The van der Waals surface area contributed by atoms with E-state index in [0.29, 0.717) is 5.76 Å². The number of nitrogen functional groups attached to an aromatic ring is 1. The molecule has 27 heavy (non-hydrogen) atoms. The highest BCUT2D eigenvalue weighted by atomic mass is 35.5. The van der Waals surface area contributed by atoms with Crippen molar-refractivity contribution in [2.45, 2.75) is 20.5 Å². The van der Waals surface area contributed by atoms with E-state index in [0.717, 1.165) is 0 Å². The number of furan rings is 1. The second-order valence-corrected chi connectivity index (χ2v) is 5.79. The molecule has 0 aliphatic heterocycles. The van der Waals surface area contributed by atoms with Gasteiger partial charge in [0.05, 0.1) is 17.6 Å². The minimum atomic E-state index is -0.621. The van der Waals surface area contributed by atoms with Crippen LogP contribution >= 0.6 is 11.6 Å². The van der Waals surface area contributed by atoms with Gasteiger partial charge >= 0.3 is 11.9 Å². The monoisotopic (exact) mass is 390 g/mol. The smallest absolute Gasteiger partial charge is 0.342 e. The topological polar surface area (TPSA) is 130 Å². The van der Waals surface area contributed by atoms with Crippen LogP contribution in [-0.4, -0.2) is 33.5 Å². The van der Waals surface area contributed by atoms with Crippen molar-refractivity contribution in [3.63, 3.8) is 0 Å². The number of esters is 2. The first kappa shape index (κ1) is 18.6. The highest BCUT2D eigenvalue weighted by Crippen LogP contribution is 2.29. The van der Waals surface area contributed by atoms with Gasteiger partial charge in [-0.3, -0.25) is 0 Å². The van der Waals surface area contributed by atoms with Gasteiger partial charge in [0.25, 0.3) is 0 Å². The Morgan fingerprint density at radius 2 is 2.04 bits per heavy atom. The highest BCUT2D eigenvalue weighted by Gasteiger charge is 2.24. The van der Waals surface area contributed by atoms with Crippen LogP contribution in [0.3, 0.4) is 0 Å². The predicted octanol–water partition coefficient (Wildman–Crippen LogP) is 2.70. The van der Waals surface area contributed by atoms with Gasteiger partial charge in [-0.1, -0.05) is 11.6 Å². The van der Waals surface area contributed by atoms with Crippen LogP contribution in [0.5, 0.6) is 0 Å². The van der Waals surface area contributed by atoms with Crippen molar-refractivity contribution in [3.8, 4) is 0 Å². The molecular weight excluding hydrogens is 376 g/mol. The quantitative estimate of drug-likeness (QED) is 0.515. The zero-order chi connectivity index (χ0) is 19.6. The Hall–Kier alpha value is -3.20. The lowest BCUT2D eigenvalue weighted by molar-refractivity contribution is 0.0461. The van der Waals surface area contributed by atoms with Crippen molar-refractivity contribution >= 4 is 40.5 Å². The predicted molar refractivity (Wildman–Crippen MR) is 95.3 cm³/mol. The average Bonchev–Trinajstić information content (AvgIpc) is 2.96. The molecule has 0 amide bonds. The molecule has 3 aromatic heterocycles. The number of anilines is 1. The fourth-order valence-corrected chi connectivity index (χ4v) is 2.61. The Labute approximate surface area is 158 Å². The maximum Gasteiger partial charge on any atom is 0.342 e. The first-order chi connectivity index (χ1) is 12.9. The molecule has 3 aromatic rings. The number of halogens is 1. The van der Waals surface area contributed by atoms with Gasteiger partial charge in [0, 0.05) is 6.20 Å². The number of aromatic nitrogens is 3. The minimum absolute atomic E-state index is 0.0258. The number of hydrogen-bond acceptors (Lipinski definition) is 9. The number of nitrogens with two attached hydrogens (primary N) is 1. The Bertz CT molecular complexity index is 1030. The maximum atomic E-state index is 12.1. The molecule has 0 unspecified atom stereocenters. The van der Waals surface area contributed by atoms with E-state index in [2.05, 4.69) is 15.0 Å². The lowest BCUT2D eigenvalue weighted by Crippen LogP contribution is -2.10. The molecule has 0 atom stereocenters. The third-order valence-electron chi connectivity index (χ3n) is 3.58. The molecule has 140 valence electrons. The number of aryl methyl sites for hydroxylation is 1. The second-order valence-electron chi connectivity index (χ2n) is 5.40. The Balaban J connectivity index is 1.84. The van der Waals surface area contributed by atoms with Crippen LogP contribution in [0.4, 0.5) is 5.82 Å². The van der Waals surface area contributed by atoms with Gasteiger partial charge in [-0.05, 0) is 26.0 Å². The van der Waals surface area contributed by atoms with Gasteiger partial charge in [0.15, 0.2) is 12.4 Å². The van der Waals surface area contributed by atoms with E-state index in [1.54, 1.807) is 13.8 Å². The van der Waals surface area contributed by atoms with Crippen molar-refractivity contribution in [1.82, 2.24) is 15.0 Å². The number of nitrogens with zero attached hydrogens (tertiary/aromatic N) is 3. The second kappa shape index (κ2) is 7.58. The van der Waals surface area contributed by atoms with Crippen LogP contribution in [0.2, 0.25) is 5.15 Å². The first-order valence-electron chi connectivity index (χ1n) is 7.92. The lowest BCUT2D eigenvalue weighted by atomic mass is 10.2. The van der Waals surface area contributed by atoms with Crippen molar-refractivity contribution in [2.24, 2.45) is 0 Å². The number of carbonyl (C=O) groups excluding carboxylic acids is 2. The van der Waals surface area contributed by atoms with Gasteiger partial charge in [0.2, 0.25) is 5.71 Å². The molecular formula is C17H15ClN4O5. The van der Waals surface area contributed by atoms with Crippen LogP contribution in [0.1, 0.15) is 39.2 Å². The number of pyridine rings is 1. The summed E-state index contributed by atoms with van der Waals surface area (Å²) in [5.74, 6) is -0.734. The number of rotatable bonds is 5. The zero-order valence-electron chi connectivity index (χ0n) is 14.5. The zero-order valence-corrected chi connectivity index (χ0v) is 15.2. The molecule has 0 fully saturated rings. The first-order valence-corrected chi connectivity index (χ1v) is 8.29. The number of carbonyl (C=O) groups is 2. The SMILES string of the molecule is CCOC(=O)c1c(C)oc2nc(COC(=O)c3ccnc(Cl)c3)nc(N)c12. The van der Waals surface area contributed by atoms with E-state index in [4.69, 9.17) is 31.2 Å². The molecule has 0 spiro atoms. The Kier molecular flexibility index (Phi) is 5.22. The average molecular weight is 391 g/mol. The molecule has 0 saturated heterocycles. The van der Waals surface area contributed by atoms with Crippen molar-refractivity contribution in [1.29, 1.82) is 0 Å². The molecule has 0 aliphatic rings. The molecule has 0 bridgehead atoms. The van der Waals surface area contributed by atoms with E-state index in [9.17, 15) is 9.59 Å². The summed E-state index contributed by atoms with van der Waals surface area (Å²) in [5.41, 5.74) is 6.49. The minimum Gasteiger partial charge on any atom is -0.462 e. The summed E-state index contributed by atoms with van der Waals surface area (Å²) in [4.78, 5) is 36.2.